The molecule has 2 aromatic carbocycles. The molecule has 4 rings (SSSR count). The Bertz CT molecular complexity index is 951. The van der Waals surface area contributed by atoms with E-state index in [1.165, 1.54) is 5.56 Å². The number of benzene rings is 2. The average Bonchev–Trinajstić information content (AvgIpc) is 3.06. The molecule has 5 nitrogen and oxygen atoms in total. The Morgan fingerprint density at radius 3 is 2.59 bits per heavy atom. The summed E-state index contributed by atoms with van der Waals surface area (Å²) in [5.41, 5.74) is 3.82. The van der Waals surface area contributed by atoms with Gasteiger partial charge in [-0.25, -0.2) is 0 Å². The number of anilines is 1. The molecule has 1 heterocycles. The van der Waals surface area contributed by atoms with Gasteiger partial charge in [-0.2, -0.15) is 0 Å². The number of halogens is 1. The predicted octanol–water partition coefficient (Wildman–Crippen LogP) is 4.81. The molecule has 0 saturated heterocycles. The molecule has 1 aliphatic carbocycles. The Morgan fingerprint density at radius 1 is 1.17 bits per heavy atom. The molecule has 1 N–H and O–H groups in total. The number of methoxy groups -OCH3 is 1. The number of aryl methyl sites for hydroxylation is 1. The minimum atomic E-state index is -0.0473. The van der Waals surface area contributed by atoms with E-state index >= 15 is 0 Å². The first kappa shape index (κ1) is 19.8. The third-order valence-corrected chi connectivity index (χ3v) is 6.45. The van der Waals surface area contributed by atoms with Gasteiger partial charge < -0.3 is 15.0 Å². The Hall–Kier alpha value is -2.53. The summed E-state index contributed by atoms with van der Waals surface area (Å²) in [5.74, 6) is 0.673. The Labute approximate surface area is 176 Å². The van der Waals surface area contributed by atoms with Crippen LogP contribution in [0.15, 0.2) is 36.4 Å². The minimum absolute atomic E-state index is 0.0107. The highest BCUT2D eigenvalue weighted by atomic mass is 35.5. The predicted molar refractivity (Wildman–Crippen MR) is 113 cm³/mol. The fourth-order valence-electron chi connectivity index (χ4n) is 4.44. The molecule has 0 bridgehead atoms. The van der Waals surface area contributed by atoms with Gasteiger partial charge in [-0.05, 0) is 68.0 Å². The van der Waals surface area contributed by atoms with Crippen LogP contribution in [0, 0.1) is 12.8 Å². The lowest BCUT2D eigenvalue weighted by Gasteiger charge is -2.34. The summed E-state index contributed by atoms with van der Waals surface area (Å²) < 4.78 is 5.14. The van der Waals surface area contributed by atoms with Crippen LogP contribution in [0.3, 0.4) is 0 Å². The summed E-state index contributed by atoms with van der Waals surface area (Å²) in [6, 6.07) is 11.4. The number of rotatable bonds is 4. The number of nitrogens with one attached hydrogen (secondary N) is 1. The molecular formula is C23H25ClN2O3. The summed E-state index contributed by atoms with van der Waals surface area (Å²) in [6.45, 7) is 2.75. The van der Waals surface area contributed by atoms with E-state index in [0.29, 0.717) is 23.0 Å². The minimum Gasteiger partial charge on any atom is -0.495 e. The molecule has 2 amide bonds. The number of carbonyl (C=O) groups excluding carboxylic acids is 2. The quantitative estimate of drug-likeness (QED) is 0.783. The number of amides is 2. The van der Waals surface area contributed by atoms with Gasteiger partial charge >= 0.3 is 0 Å². The highest BCUT2D eigenvalue weighted by Crippen LogP contribution is 2.35. The van der Waals surface area contributed by atoms with Gasteiger partial charge in [0.2, 0.25) is 5.91 Å². The lowest BCUT2D eigenvalue weighted by atomic mass is 9.84. The number of carbonyl (C=O) groups is 2. The lowest BCUT2D eigenvalue weighted by Crippen LogP contribution is -2.40. The SMILES string of the molecule is COc1ccc(NC(=O)C2CCC(N3Cc4c(C)cccc4C3=O)CC2)cc1Cl. The first-order valence-electron chi connectivity index (χ1n) is 10.0. The van der Waals surface area contributed by atoms with E-state index in [1.807, 2.05) is 17.0 Å². The summed E-state index contributed by atoms with van der Waals surface area (Å²) in [6.07, 6.45) is 3.25. The normalized spacial score (nSPS) is 21.1. The number of ether oxygens (including phenoxy) is 1. The van der Waals surface area contributed by atoms with Gasteiger partial charge in [-0.15, -0.1) is 0 Å². The third-order valence-electron chi connectivity index (χ3n) is 6.16. The molecule has 152 valence electrons. The standard InChI is InChI=1S/C23H25ClN2O3/c1-14-4-3-5-18-19(14)13-26(23(18)28)17-9-6-15(7-10-17)22(27)25-16-8-11-21(29-2)20(24)12-16/h3-5,8,11-12,15,17H,6-7,9-10,13H2,1-2H3,(H,25,27). The van der Waals surface area contributed by atoms with Crippen LogP contribution in [0.2, 0.25) is 5.02 Å². The average molecular weight is 413 g/mol. The number of fused-ring (bicyclic) bond motifs is 1. The second kappa shape index (κ2) is 8.07. The maximum absolute atomic E-state index is 12.8. The highest BCUT2D eigenvalue weighted by Gasteiger charge is 2.36. The number of hydrogen-bond donors (Lipinski definition) is 1. The fraction of sp³-hybridized carbons (Fsp3) is 0.391. The van der Waals surface area contributed by atoms with Crippen molar-refractivity contribution in [2.24, 2.45) is 5.92 Å². The molecule has 1 saturated carbocycles. The molecule has 2 aliphatic rings. The van der Waals surface area contributed by atoms with Crippen molar-refractivity contribution in [2.75, 3.05) is 12.4 Å². The van der Waals surface area contributed by atoms with E-state index in [4.69, 9.17) is 16.3 Å². The maximum atomic E-state index is 12.8. The molecule has 0 aromatic heterocycles. The van der Waals surface area contributed by atoms with Crippen LogP contribution in [-0.2, 0) is 11.3 Å². The van der Waals surface area contributed by atoms with Crippen molar-refractivity contribution < 1.29 is 14.3 Å². The van der Waals surface area contributed by atoms with Crippen LogP contribution < -0.4 is 10.1 Å². The highest BCUT2D eigenvalue weighted by molar-refractivity contribution is 6.32. The van der Waals surface area contributed by atoms with Gasteiger partial charge in [0.25, 0.3) is 5.91 Å². The van der Waals surface area contributed by atoms with E-state index in [2.05, 4.69) is 18.3 Å². The zero-order valence-corrected chi connectivity index (χ0v) is 17.5. The van der Waals surface area contributed by atoms with Gasteiger partial charge in [-0.3, -0.25) is 9.59 Å². The van der Waals surface area contributed by atoms with Crippen LogP contribution in [0.4, 0.5) is 5.69 Å². The second-order valence-corrected chi connectivity index (χ2v) is 8.29. The topological polar surface area (TPSA) is 58.6 Å². The molecular weight excluding hydrogens is 388 g/mol. The molecule has 0 spiro atoms. The summed E-state index contributed by atoms with van der Waals surface area (Å²) >= 11 is 6.14. The first-order chi connectivity index (χ1) is 14.0. The second-order valence-electron chi connectivity index (χ2n) is 7.88. The Morgan fingerprint density at radius 2 is 1.93 bits per heavy atom. The molecule has 1 fully saturated rings. The summed E-state index contributed by atoms with van der Waals surface area (Å²) in [4.78, 5) is 27.5. The lowest BCUT2D eigenvalue weighted by molar-refractivity contribution is -0.121. The van der Waals surface area contributed by atoms with E-state index in [0.717, 1.165) is 36.8 Å². The third kappa shape index (κ3) is 3.84. The summed E-state index contributed by atoms with van der Waals surface area (Å²) in [7, 11) is 1.56. The van der Waals surface area contributed by atoms with Crippen molar-refractivity contribution in [3.05, 3.63) is 58.1 Å². The van der Waals surface area contributed by atoms with Crippen molar-refractivity contribution in [1.82, 2.24) is 4.90 Å². The fourth-order valence-corrected chi connectivity index (χ4v) is 4.70. The van der Waals surface area contributed by atoms with Crippen LogP contribution in [0.25, 0.3) is 0 Å². The van der Waals surface area contributed by atoms with Crippen LogP contribution in [0.5, 0.6) is 5.75 Å². The van der Waals surface area contributed by atoms with Crippen molar-refractivity contribution >= 4 is 29.1 Å². The van der Waals surface area contributed by atoms with Gasteiger partial charge in [0.1, 0.15) is 5.75 Å². The number of nitrogens with zero attached hydrogens (tertiary/aromatic N) is 1. The van der Waals surface area contributed by atoms with E-state index < -0.39 is 0 Å². The van der Waals surface area contributed by atoms with E-state index in [1.54, 1.807) is 25.3 Å². The van der Waals surface area contributed by atoms with Crippen LogP contribution in [0.1, 0.15) is 47.2 Å². The van der Waals surface area contributed by atoms with Crippen molar-refractivity contribution in [3.8, 4) is 5.75 Å². The molecule has 0 atom stereocenters. The monoisotopic (exact) mass is 412 g/mol. The van der Waals surface area contributed by atoms with E-state index in [-0.39, 0.29) is 23.8 Å². The zero-order valence-electron chi connectivity index (χ0n) is 16.7. The van der Waals surface area contributed by atoms with E-state index in [9.17, 15) is 9.59 Å². The zero-order chi connectivity index (χ0) is 20.5. The Kier molecular flexibility index (Phi) is 5.50. The maximum Gasteiger partial charge on any atom is 0.254 e. The molecule has 29 heavy (non-hydrogen) atoms. The van der Waals surface area contributed by atoms with Gasteiger partial charge in [0, 0.05) is 29.8 Å². The summed E-state index contributed by atoms with van der Waals surface area (Å²) in [5, 5.41) is 3.43. The molecule has 0 radical (unpaired) electrons. The van der Waals surface area contributed by atoms with Crippen molar-refractivity contribution in [1.29, 1.82) is 0 Å². The molecule has 2 aromatic rings. The van der Waals surface area contributed by atoms with Crippen LogP contribution >= 0.6 is 11.6 Å². The van der Waals surface area contributed by atoms with Gasteiger partial charge in [0.15, 0.2) is 0 Å². The largest absolute Gasteiger partial charge is 0.495 e. The number of hydrogen-bond acceptors (Lipinski definition) is 3. The molecule has 1 aliphatic heterocycles. The molecule has 6 heteroatoms. The van der Waals surface area contributed by atoms with Crippen molar-refractivity contribution in [2.45, 2.75) is 45.2 Å². The Balaban J connectivity index is 1.35. The smallest absolute Gasteiger partial charge is 0.254 e. The van der Waals surface area contributed by atoms with Gasteiger partial charge in [-0.1, -0.05) is 23.7 Å². The van der Waals surface area contributed by atoms with Crippen LogP contribution in [-0.4, -0.2) is 29.9 Å². The first-order valence-corrected chi connectivity index (χ1v) is 10.4. The van der Waals surface area contributed by atoms with Gasteiger partial charge in [0.05, 0.1) is 12.1 Å². The van der Waals surface area contributed by atoms with Crippen molar-refractivity contribution in [3.63, 3.8) is 0 Å². The molecule has 0 unspecified atom stereocenters.